The van der Waals surface area contributed by atoms with Crippen molar-refractivity contribution in [1.29, 1.82) is 0 Å². The minimum absolute atomic E-state index is 0.558. The summed E-state index contributed by atoms with van der Waals surface area (Å²) in [6.45, 7) is 0. The molecule has 0 atom stereocenters. The molecular weight excluding hydrogens is 304 g/mol. The van der Waals surface area contributed by atoms with E-state index in [9.17, 15) is 0 Å². The third-order valence-electron chi connectivity index (χ3n) is 2.14. The Hall–Kier alpha value is -1.26. The Morgan fingerprint density at radius 2 is 2.18 bits per heavy atom. The molecule has 0 radical (unpaired) electrons. The number of methoxy groups -OCH3 is 1. The summed E-state index contributed by atoms with van der Waals surface area (Å²) in [5.74, 6) is 1.39. The Morgan fingerprint density at radius 1 is 1.35 bits per heavy atom. The second kappa shape index (κ2) is 5.38. The van der Waals surface area contributed by atoms with Gasteiger partial charge in [-0.25, -0.2) is 4.98 Å². The second-order valence-corrected chi connectivity index (χ2v) is 4.66. The number of halogens is 2. The van der Waals surface area contributed by atoms with Gasteiger partial charge in [-0.15, -0.1) is 0 Å². The number of hydrogen-bond donors (Lipinski definition) is 1. The van der Waals surface area contributed by atoms with E-state index < -0.39 is 0 Å². The number of ether oxygens (including phenoxy) is 1. The molecule has 3 nitrogen and oxygen atoms in total. The fraction of sp³-hybridized carbons (Fsp3) is 0.0833. The van der Waals surface area contributed by atoms with Crippen LogP contribution in [0.1, 0.15) is 0 Å². The van der Waals surface area contributed by atoms with Crippen molar-refractivity contribution in [2.24, 2.45) is 0 Å². The molecule has 0 unspecified atom stereocenters. The summed E-state index contributed by atoms with van der Waals surface area (Å²) >= 11 is 9.38. The molecule has 17 heavy (non-hydrogen) atoms. The SMILES string of the molecule is COc1cccc(Nc2ncc(Br)cc2Cl)c1. The molecule has 0 aliphatic rings. The van der Waals surface area contributed by atoms with Crippen molar-refractivity contribution in [2.45, 2.75) is 0 Å². The zero-order chi connectivity index (χ0) is 12.3. The molecule has 0 amide bonds. The van der Waals surface area contributed by atoms with Gasteiger partial charge in [0.15, 0.2) is 0 Å². The average molecular weight is 314 g/mol. The topological polar surface area (TPSA) is 34.1 Å². The molecule has 0 saturated heterocycles. The summed E-state index contributed by atoms with van der Waals surface area (Å²) in [6, 6.07) is 9.36. The van der Waals surface area contributed by atoms with Gasteiger partial charge in [0, 0.05) is 22.4 Å². The molecule has 1 aromatic heterocycles. The van der Waals surface area contributed by atoms with Gasteiger partial charge in [0.2, 0.25) is 0 Å². The Labute approximate surface area is 113 Å². The van der Waals surface area contributed by atoms with Crippen LogP contribution in [0.5, 0.6) is 5.75 Å². The summed E-state index contributed by atoms with van der Waals surface area (Å²) in [6.07, 6.45) is 1.69. The Balaban J connectivity index is 2.25. The first kappa shape index (κ1) is 12.2. The number of rotatable bonds is 3. The van der Waals surface area contributed by atoms with E-state index in [4.69, 9.17) is 16.3 Å². The van der Waals surface area contributed by atoms with E-state index >= 15 is 0 Å². The zero-order valence-corrected chi connectivity index (χ0v) is 11.4. The van der Waals surface area contributed by atoms with Crippen molar-refractivity contribution in [1.82, 2.24) is 4.98 Å². The van der Waals surface area contributed by atoms with Crippen molar-refractivity contribution in [3.63, 3.8) is 0 Å². The molecule has 0 spiro atoms. The highest BCUT2D eigenvalue weighted by Gasteiger charge is 2.03. The molecule has 5 heteroatoms. The van der Waals surface area contributed by atoms with Crippen LogP contribution in [-0.2, 0) is 0 Å². The first-order chi connectivity index (χ1) is 8.19. The van der Waals surface area contributed by atoms with Gasteiger partial charge in [0.25, 0.3) is 0 Å². The van der Waals surface area contributed by atoms with Gasteiger partial charge in [-0.1, -0.05) is 17.7 Å². The minimum Gasteiger partial charge on any atom is -0.497 e. The van der Waals surface area contributed by atoms with Crippen LogP contribution in [0.4, 0.5) is 11.5 Å². The lowest BCUT2D eigenvalue weighted by Gasteiger charge is -2.08. The number of hydrogen-bond acceptors (Lipinski definition) is 3. The fourth-order valence-electron chi connectivity index (χ4n) is 1.34. The molecule has 0 saturated carbocycles. The molecule has 2 rings (SSSR count). The van der Waals surface area contributed by atoms with Gasteiger partial charge in [-0.05, 0) is 34.1 Å². The maximum absolute atomic E-state index is 6.07. The highest BCUT2D eigenvalue weighted by Crippen LogP contribution is 2.27. The van der Waals surface area contributed by atoms with Crippen LogP contribution in [-0.4, -0.2) is 12.1 Å². The fourth-order valence-corrected chi connectivity index (χ4v) is 2.02. The van der Waals surface area contributed by atoms with Crippen LogP contribution < -0.4 is 10.1 Å². The quantitative estimate of drug-likeness (QED) is 0.920. The van der Waals surface area contributed by atoms with Crippen molar-refractivity contribution in [3.05, 3.63) is 46.0 Å². The van der Waals surface area contributed by atoms with Crippen molar-refractivity contribution < 1.29 is 4.74 Å². The highest BCUT2D eigenvalue weighted by molar-refractivity contribution is 9.10. The second-order valence-electron chi connectivity index (χ2n) is 3.34. The first-order valence-corrected chi connectivity index (χ1v) is 6.08. The van der Waals surface area contributed by atoms with Crippen LogP contribution in [0, 0.1) is 0 Å². The molecule has 0 aliphatic heterocycles. The average Bonchev–Trinajstić information content (AvgIpc) is 2.33. The number of nitrogens with zero attached hydrogens (tertiary/aromatic N) is 1. The van der Waals surface area contributed by atoms with Crippen molar-refractivity contribution in [3.8, 4) is 5.75 Å². The number of anilines is 2. The molecular formula is C12H10BrClN2O. The summed E-state index contributed by atoms with van der Waals surface area (Å²) in [5, 5.41) is 3.69. The predicted molar refractivity (Wildman–Crippen MR) is 73.2 cm³/mol. The zero-order valence-electron chi connectivity index (χ0n) is 9.08. The molecule has 0 bridgehead atoms. The summed E-state index contributed by atoms with van der Waals surface area (Å²) in [5.41, 5.74) is 0.876. The Morgan fingerprint density at radius 3 is 2.88 bits per heavy atom. The van der Waals surface area contributed by atoms with E-state index in [1.54, 1.807) is 19.4 Å². The molecule has 2 aromatic rings. The van der Waals surface area contributed by atoms with Crippen molar-refractivity contribution >= 4 is 39.0 Å². The molecule has 88 valence electrons. The van der Waals surface area contributed by atoms with Gasteiger partial charge < -0.3 is 10.1 Å². The predicted octanol–water partition coefficient (Wildman–Crippen LogP) is 4.25. The van der Waals surface area contributed by atoms with E-state index in [2.05, 4.69) is 26.2 Å². The number of aromatic nitrogens is 1. The standard InChI is InChI=1S/C12H10BrClN2O/c1-17-10-4-2-3-9(6-10)16-12-11(14)5-8(13)7-15-12/h2-7H,1H3,(H,15,16). The molecule has 1 heterocycles. The van der Waals surface area contributed by atoms with Gasteiger partial charge >= 0.3 is 0 Å². The van der Waals surface area contributed by atoms with E-state index in [-0.39, 0.29) is 0 Å². The van der Waals surface area contributed by atoms with Gasteiger partial charge in [-0.2, -0.15) is 0 Å². The lowest BCUT2D eigenvalue weighted by atomic mass is 10.3. The van der Waals surface area contributed by atoms with E-state index in [0.29, 0.717) is 10.8 Å². The van der Waals surface area contributed by atoms with Crippen LogP contribution in [0.3, 0.4) is 0 Å². The summed E-state index contributed by atoms with van der Waals surface area (Å²) < 4.78 is 5.99. The molecule has 0 aliphatic carbocycles. The first-order valence-electron chi connectivity index (χ1n) is 4.91. The molecule has 1 aromatic carbocycles. The normalized spacial score (nSPS) is 10.1. The van der Waals surface area contributed by atoms with Gasteiger partial charge in [0.1, 0.15) is 11.6 Å². The number of nitrogens with one attached hydrogen (secondary N) is 1. The van der Waals surface area contributed by atoms with Gasteiger partial charge in [0.05, 0.1) is 12.1 Å². The Kier molecular flexibility index (Phi) is 3.86. The maximum atomic E-state index is 6.07. The van der Waals surface area contributed by atoms with E-state index in [1.807, 2.05) is 24.3 Å². The minimum atomic E-state index is 0.558. The summed E-state index contributed by atoms with van der Waals surface area (Å²) in [4.78, 5) is 4.20. The van der Waals surface area contributed by atoms with Crippen LogP contribution >= 0.6 is 27.5 Å². The van der Waals surface area contributed by atoms with Crippen LogP contribution in [0.15, 0.2) is 41.0 Å². The lowest BCUT2D eigenvalue weighted by molar-refractivity contribution is 0.415. The summed E-state index contributed by atoms with van der Waals surface area (Å²) in [7, 11) is 1.63. The largest absolute Gasteiger partial charge is 0.497 e. The number of pyridine rings is 1. The number of benzene rings is 1. The third-order valence-corrected chi connectivity index (χ3v) is 2.86. The van der Waals surface area contributed by atoms with Crippen LogP contribution in [0.25, 0.3) is 0 Å². The molecule has 1 N–H and O–H groups in total. The van der Waals surface area contributed by atoms with Crippen LogP contribution in [0.2, 0.25) is 5.02 Å². The molecule has 0 fully saturated rings. The van der Waals surface area contributed by atoms with E-state index in [0.717, 1.165) is 15.9 Å². The maximum Gasteiger partial charge on any atom is 0.149 e. The smallest absolute Gasteiger partial charge is 0.149 e. The van der Waals surface area contributed by atoms with Crippen molar-refractivity contribution in [2.75, 3.05) is 12.4 Å². The monoisotopic (exact) mass is 312 g/mol. The Bertz CT molecular complexity index is 534. The highest BCUT2D eigenvalue weighted by atomic mass is 79.9. The third kappa shape index (κ3) is 3.11. The van der Waals surface area contributed by atoms with Gasteiger partial charge in [-0.3, -0.25) is 0 Å². The van der Waals surface area contributed by atoms with E-state index in [1.165, 1.54) is 0 Å². The lowest BCUT2D eigenvalue weighted by Crippen LogP contribution is -1.94.